The van der Waals surface area contributed by atoms with Crippen LogP contribution in [-0.2, 0) is 30.0 Å². The minimum Gasteiger partial charge on any atom is -1.00 e. The van der Waals surface area contributed by atoms with Crippen molar-refractivity contribution in [1.29, 1.82) is 0 Å². The zero-order valence-electron chi connectivity index (χ0n) is 50.1. The number of carbonyl (C=O) groups excluding carboxylic acids is 3. The topological polar surface area (TPSA) is 166 Å². The first kappa shape index (κ1) is 66.6. The second-order valence-corrected chi connectivity index (χ2v) is 25.1. The molecule has 0 atom stereocenters. The maximum absolute atomic E-state index is 11.7. The fraction of sp³-hybridized carbons (Fsp3) is 0.250. The van der Waals surface area contributed by atoms with E-state index in [9.17, 15) is 14.4 Å². The molecule has 0 amide bonds. The molecule has 0 bridgehead atoms. The van der Waals surface area contributed by atoms with Crippen LogP contribution in [0.5, 0.6) is 11.5 Å². The molecule has 2 aromatic heterocycles. The molecule has 13 nitrogen and oxygen atoms in total. The third kappa shape index (κ3) is 17.0. The molecule has 0 N–H and O–H groups in total. The van der Waals surface area contributed by atoms with Gasteiger partial charge in [0.25, 0.3) is 11.8 Å². The van der Waals surface area contributed by atoms with Crippen LogP contribution in [0.1, 0.15) is 79.8 Å². The molecular formula is C68H67Cl3N4NaO9P. The van der Waals surface area contributed by atoms with Gasteiger partial charge in [-0.25, -0.2) is 0 Å². The standard InChI is InChI=1S/C36H31ClN2O2P.C25H25ClN2O4.C7H10O3.ClH.Na.H/c1-26(2)40-34-23-22-29(24-33(34)37)35-38-36(41-39-35)28-20-18-27(19-21-28)25-42(30-12-6-3-7-13-30,31-14-8-4-9-15-31)32-16-10-5-11-17-32;1-4-30-25(29)20-12-17(13-20)11-16-5-7-18(8-6-16)24-27-23(28-32-24)19-9-10-22(21(26)14-19)31-15(2)3;1-2-10-7(9)5-3-6(8)4-5;;;/h3-24,26H,25H2,1-2H3;5-11,14-15,20H,4,12-13H2,1-3H3;5H,2-4H2,1H3;1H;;/q+1;;;;+1;-1/p-1. The van der Waals surface area contributed by atoms with Crippen LogP contribution in [-0.4, -0.2) is 63.4 Å². The van der Waals surface area contributed by atoms with E-state index < -0.39 is 7.26 Å². The van der Waals surface area contributed by atoms with E-state index >= 15 is 0 Å². The number of ether oxygens (including phenoxy) is 4. The fourth-order valence-electron chi connectivity index (χ4n) is 9.68. The van der Waals surface area contributed by atoms with Gasteiger partial charge in [-0.15, -0.1) is 0 Å². The zero-order chi connectivity index (χ0) is 59.2. The van der Waals surface area contributed by atoms with Gasteiger partial charge in [-0.1, -0.05) is 124 Å². The number of allylic oxidation sites excluding steroid dienone is 1. The van der Waals surface area contributed by atoms with E-state index in [1.807, 2.05) is 83.1 Å². The molecule has 2 aliphatic carbocycles. The van der Waals surface area contributed by atoms with Gasteiger partial charge in [0.15, 0.2) is 0 Å². The van der Waals surface area contributed by atoms with Gasteiger partial charge >= 0.3 is 41.5 Å². The summed E-state index contributed by atoms with van der Waals surface area (Å²) in [7, 11) is -1.99. The summed E-state index contributed by atoms with van der Waals surface area (Å²) in [5.74, 6) is 2.81. The van der Waals surface area contributed by atoms with Gasteiger partial charge in [-0.3, -0.25) is 14.4 Å². The van der Waals surface area contributed by atoms with Crippen LogP contribution < -0.4 is 67.4 Å². The minimum absolute atomic E-state index is 0. The summed E-state index contributed by atoms with van der Waals surface area (Å²) in [4.78, 5) is 42.1. The van der Waals surface area contributed by atoms with Crippen molar-refractivity contribution in [2.24, 2.45) is 11.8 Å². The van der Waals surface area contributed by atoms with Crippen LogP contribution in [0, 0.1) is 11.8 Å². The molecule has 18 heteroatoms. The molecular weight excluding hydrogens is 1180 g/mol. The van der Waals surface area contributed by atoms with E-state index in [0.29, 0.717) is 71.0 Å². The smallest absolute Gasteiger partial charge is 1.00 e. The van der Waals surface area contributed by atoms with Crippen LogP contribution in [0.25, 0.3) is 51.8 Å². The van der Waals surface area contributed by atoms with Crippen molar-refractivity contribution in [1.82, 2.24) is 20.3 Å². The molecule has 9 aromatic rings. The Labute approximate surface area is 542 Å². The first-order chi connectivity index (χ1) is 40.7. The predicted molar refractivity (Wildman–Crippen MR) is 334 cm³/mol. The van der Waals surface area contributed by atoms with Gasteiger partial charge in [0.05, 0.1) is 53.5 Å². The molecule has 86 heavy (non-hydrogen) atoms. The largest absolute Gasteiger partial charge is 1.00 e. The van der Waals surface area contributed by atoms with Crippen molar-refractivity contribution in [2.75, 3.05) is 13.2 Å². The average Bonchev–Trinajstić information content (AvgIpc) is 1.78. The SMILES string of the molecule is CC(C)Oc1ccc(-c2noc(-c3ccc(C[P+](c4ccccc4)(c4ccccc4)c4ccccc4)cc3)n2)cc1Cl.CCOC(=O)C1CC(=Cc2ccc(-c3nc(-c4ccc(OC(C)C)c(Cl)c4)no3)cc2)C1.CCOC(=O)C1CC(=O)C1.[Cl-].[H-].[Na+]. The molecule has 2 aliphatic rings. The summed E-state index contributed by atoms with van der Waals surface area (Å²) in [5, 5.41) is 13.4. The number of hydrogen-bond acceptors (Lipinski definition) is 13. The third-order valence-electron chi connectivity index (χ3n) is 13.9. The Morgan fingerprint density at radius 2 is 0.953 bits per heavy atom. The summed E-state index contributed by atoms with van der Waals surface area (Å²) in [5.41, 5.74) is 6.78. The van der Waals surface area contributed by atoms with E-state index in [-0.39, 0.29) is 85.2 Å². The first-order valence-electron chi connectivity index (χ1n) is 28.1. The third-order valence-corrected chi connectivity index (χ3v) is 18.9. The van der Waals surface area contributed by atoms with E-state index in [2.05, 4.69) is 142 Å². The monoisotopic (exact) mass is 1240 g/mol. The van der Waals surface area contributed by atoms with Crippen LogP contribution >= 0.6 is 30.5 Å². The fourth-order valence-corrected chi connectivity index (χ4v) is 14.4. The van der Waals surface area contributed by atoms with E-state index in [4.69, 9.17) is 51.2 Å². The summed E-state index contributed by atoms with van der Waals surface area (Å²) in [6.07, 6.45) is 5.38. The Morgan fingerprint density at radius 1 is 0.570 bits per heavy atom. The number of ketones is 1. The molecule has 11 rings (SSSR count). The summed E-state index contributed by atoms with van der Waals surface area (Å²) >= 11 is 12.8. The molecule has 0 saturated heterocycles. The Kier molecular flexibility index (Phi) is 24.5. The van der Waals surface area contributed by atoms with Gasteiger partial charge in [-0.05, 0) is 163 Å². The van der Waals surface area contributed by atoms with Gasteiger partial charge in [-0.2, -0.15) is 9.97 Å². The van der Waals surface area contributed by atoms with Gasteiger partial charge in [0.1, 0.15) is 40.5 Å². The maximum Gasteiger partial charge on any atom is 1.00 e. The van der Waals surface area contributed by atoms with Crippen molar-refractivity contribution in [3.63, 3.8) is 0 Å². The van der Waals surface area contributed by atoms with Gasteiger partial charge in [0, 0.05) is 35.1 Å². The van der Waals surface area contributed by atoms with Crippen molar-refractivity contribution in [2.45, 2.75) is 85.6 Å². The molecule has 7 aromatic carbocycles. The van der Waals surface area contributed by atoms with Gasteiger partial charge < -0.3 is 41.8 Å². The van der Waals surface area contributed by atoms with Crippen LogP contribution in [0.15, 0.2) is 191 Å². The number of rotatable bonds is 18. The summed E-state index contributed by atoms with van der Waals surface area (Å²) in [6.45, 7) is 12.3. The molecule has 2 fully saturated rings. The summed E-state index contributed by atoms with van der Waals surface area (Å²) in [6, 6.07) is 60.1. The number of aromatic nitrogens is 4. The van der Waals surface area contributed by atoms with E-state index in [0.717, 1.165) is 46.8 Å². The number of carbonyl (C=O) groups is 3. The minimum atomic E-state index is -1.99. The molecule has 0 radical (unpaired) electrons. The molecule has 2 heterocycles. The average molecular weight is 1240 g/mol. The molecule has 0 aliphatic heterocycles. The summed E-state index contributed by atoms with van der Waals surface area (Å²) < 4.78 is 32.3. The van der Waals surface area contributed by atoms with Crippen molar-refractivity contribution in [3.05, 3.63) is 203 Å². The van der Waals surface area contributed by atoms with Crippen LogP contribution in [0.2, 0.25) is 10.0 Å². The Morgan fingerprint density at radius 3 is 1.33 bits per heavy atom. The number of hydrogen-bond donors (Lipinski definition) is 0. The van der Waals surface area contributed by atoms with Gasteiger partial charge in [0.2, 0.25) is 11.6 Å². The van der Waals surface area contributed by atoms with Crippen LogP contribution in [0.3, 0.4) is 0 Å². The quantitative estimate of drug-likeness (QED) is 0.0454. The number of nitrogens with zero attached hydrogens (tertiary/aromatic N) is 4. The second-order valence-electron chi connectivity index (χ2n) is 20.8. The zero-order valence-corrected chi connectivity index (χ0v) is 54.3. The van der Waals surface area contributed by atoms with E-state index in [1.54, 1.807) is 19.1 Å². The number of esters is 2. The Balaban J connectivity index is 0.000000238. The number of halogens is 3. The van der Waals surface area contributed by atoms with Crippen molar-refractivity contribution in [3.8, 4) is 57.2 Å². The van der Waals surface area contributed by atoms with E-state index in [1.165, 1.54) is 27.1 Å². The Hall–Kier alpha value is -6.93. The molecule has 0 unspecified atom stereocenters. The normalized spacial score (nSPS) is 13.5. The van der Waals surface area contributed by atoms with Crippen molar-refractivity contribution < 1.29 is 85.8 Å². The molecule has 0 spiro atoms. The number of benzene rings is 7. The molecule has 440 valence electrons. The Bertz CT molecular complexity index is 3590. The maximum atomic E-state index is 11.7. The predicted octanol–water partition coefficient (Wildman–Crippen LogP) is 9.19. The van der Waals surface area contributed by atoms with Crippen molar-refractivity contribution >= 4 is 70.2 Å². The van der Waals surface area contributed by atoms with Crippen LogP contribution in [0.4, 0.5) is 0 Å². The second kappa shape index (κ2) is 31.6. The first-order valence-corrected chi connectivity index (χ1v) is 30.8. The number of Topliss-reactive ketones (excluding diaryl/α,β-unsaturated/α-hetero) is 1. The molecule has 2 saturated carbocycles.